The summed E-state index contributed by atoms with van der Waals surface area (Å²) in [4.78, 5) is 0. The Morgan fingerprint density at radius 3 is 2.75 bits per heavy atom. The zero-order valence-corrected chi connectivity index (χ0v) is 11.3. The van der Waals surface area contributed by atoms with Crippen LogP contribution in [0.3, 0.4) is 0 Å². The second-order valence-electron chi connectivity index (χ2n) is 3.90. The Labute approximate surface area is 102 Å². The monoisotopic (exact) mass is 243 g/mol. The summed E-state index contributed by atoms with van der Waals surface area (Å²) in [5.41, 5.74) is 7.18. The lowest BCUT2D eigenvalue weighted by Crippen LogP contribution is -2.19. The highest BCUT2D eigenvalue weighted by molar-refractivity contribution is 7.99. The second kappa shape index (κ2) is 6.15. The highest BCUT2D eigenvalue weighted by atomic mass is 32.2. The Kier molecular flexibility index (Phi) is 5.15. The van der Waals surface area contributed by atoms with E-state index in [-0.39, 0.29) is 6.04 Å². The number of rotatable bonds is 6. The predicted molar refractivity (Wildman–Crippen MR) is 69.0 cm³/mol. The number of methoxy groups -OCH3 is 1. The van der Waals surface area contributed by atoms with Crippen LogP contribution in [0.1, 0.15) is 32.5 Å². The molecule has 1 heterocycles. The largest absolute Gasteiger partial charge is 0.493 e. The van der Waals surface area contributed by atoms with Crippen molar-refractivity contribution < 1.29 is 4.74 Å². The Morgan fingerprint density at radius 1 is 1.56 bits per heavy atom. The van der Waals surface area contributed by atoms with Gasteiger partial charge in [-0.3, -0.25) is 4.68 Å². The molecule has 1 rings (SSSR count). The molecule has 5 heteroatoms. The van der Waals surface area contributed by atoms with Crippen LogP contribution in [-0.4, -0.2) is 27.9 Å². The minimum atomic E-state index is -0.0233. The fraction of sp³-hybridized carbons (Fsp3) is 0.727. The first kappa shape index (κ1) is 13.4. The second-order valence-corrected chi connectivity index (χ2v) is 5.51. The fourth-order valence-electron chi connectivity index (χ4n) is 1.54. The first-order valence-electron chi connectivity index (χ1n) is 5.57. The van der Waals surface area contributed by atoms with Crippen molar-refractivity contribution in [1.82, 2.24) is 9.78 Å². The van der Waals surface area contributed by atoms with Gasteiger partial charge in [-0.2, -0.15) is 16.9 Å². The normalized spacial score (nSPS) is 13.1. The van der Waals surface area contributed by atoms with Crippen molar-refractivity contribution in [2.24, 2.45) is 5.73 Å². The summed E-state index contributed by atoms with van der Waals surface area (Å²) in [5, 5.41) is 4.85. The molecule has 0 aliphatic heterocycles. The van der Waals surface area contributed by atoms with Gasteiger partial charge in [-0.25, -0.2) is 0 Å². The molecule has 0 saturated heterocycles. The van der Waals surface area contributed by atoms with Gasteiger partial charge in [0, 0.05) is 12.3 Å². The lowest BCUT2D eigenvalue weighted by Gasteiger charge is -2.15. The van der Waals surface area contributed by atoms with Crippen LogP contribution >= 0.6 is 11.8 Å². The average molecular weight is 243 g/mol. The number of nitrogens with zero attached hydrogens (tertiary/aromatic N) is 2. The number of ether oxygens (including phenoxy) is 1. The molecular weight excluding hydrogens is 222 g/mol. The SMILES string of the molecule is CCn1ncc(OC)c1C(N)CSC(C)C. The van der Waals surface area contributed by atoms with Crippen LogP contribution in [0, 0.1) is 0 Å². The number of hydrogen-bond donors (Lipinski definition) is 1. The van der Waals surface area contributed by atoms with Crippen molar-refractivity contribution in [3.63, 3.8) is 0 Å². The summed E-state index contributed by atoms with van der Waals surface area (Å²) in [6.45, 7) is 7.22. The van der Waals surface area contributed by atoms with Crippen molar-refractivity contribution in [1.29, 1.82) is 0 Å². The molecule has 0 radical (unpaired) electrons. The molecule has 0 spiro atoms. The molecule has 92 valence electrons. The quantitative estimate of drug-likeness (QED) is 0.831. The highest BCUT2D eigenvalue weighted by Crippen LogP contribution is 2.26. The summed E-state index contributed by atoms with van der Waals surface area (Å²) in [5.74, 6) is 1.68. The van der Waals surface area contributed by atoms with Crippen molar-refractivity contribution in [3.8, 4) is 5.75 Å². The predicted octanol–water partition coefficient (Wildman–Crippen LogP) is 2.05. The molecule has 0 aliphatic rings. The molecular formula is C11H21N3OS. The van der Waals surface area contributed by atoms with Gasteiger partial charge in [0.15, 0.2) is 5.75 Å². The van der Waals surface area contributed by atoms with Gasteiger partial charge >= 0.3 is 0 Å². The maximum Gasteiger partial charge on any atom is 0.161 e. The van der Waals surface area contributed by atoms with E-state index < -0.39 is 0 Å². The van der Waals surface area contributed by atoms with Gasteiger partial charge in [0.25, 0.3) is 0 Å². The zero-order chi connectivity index (χ0) is 12.1. The van der Waals surface area contributed by atoms with Crippen LogP contribution < -0.4 is 10.5 Å². The molecule has 4 nitrogen and oxygen atoms in total. The topological polar surface area (TPSA) is 53.1 Å². The minimum absolute atomic E-state index is 0.0233. The van der Waals surface area contributed by atoms with Crippen molar-refractivity contribution in [2.45, 2.75) is 38.6 Å². The number of aryl methyl sites for hydroxylation is 1. The third-order valence-electron chi connectivity index (χ3n) is 2.32. The molecule has 2 N–H and O–H groups in total. The Morgan fingerprint density at radius 2 is 2.25 bits per heavy atom. The first-order valence-corrected chi connectivity index (χ1v) is 6.61. The summed E-state index contributed by atoms with van der Waals surface area (Å²) < 4.78 is 7.19. The van der Waals surface area contributed by atoms with Gasteiger partial charge < -0.3 is 10.5 Å². The van der Waals surface area contributed by atoms with Gasteiger partial charge in [0.1, 0.15) is 0 Å². The lowest BCUT2D eigenvalue weighted by atomic mass is 10.2. The molecule has 0 bridgehead atoms. The van der Waals surface area contributed by atoms with Crippen molar-refractivity contribution >= 4 is 11.8 Å². The first-order chi connectivity index (χ1) is 7.60. The van der Waals surface area contributed by atoms with E-state index in [1.807, 2.05) is 16.4 Å². The summed E-state index contributed by atoms with van der Waals surface area (Å²) in [7, 11) is 1.66. The maximum atomic E-state index is 6.18. The molecule has 1 aromatic heterocycles. The fourth-order valence-corrected chi connectivity index (χ4v) is 2.29. The molecule has 16 heavy (non-hydrogen) atoms. The van der Waals surface area contributed by atoms with Crippen LogP contribution in [0.2, 0.25) is 0 Å². The summed E-state index contributed by atoms with van der Waals surface area (Å²) >= 11 is 1.85. The number of aromatic nitrogens is 2. The number of thioether (sulfide) groups is 1. The highest BCUT2D eigenvalue weighted by Gasteiger charge is 2.18. The number of nitrogens with two attached hydrogens (primary N) is 1. The Bertz CT molecular complexity index is 304. The maximum absolute atomic E-state index is 6.18. The van der Waals surface area contributed by atoms with E-state index in [2.05, 4.69) is 25.9 Å². The smallest absolute Gasteiger partial charge is 0.161 e. The van der Waals surface area contributed by atoms with E-state index in [9.17, 15) is 0 Å². The Balaban J connectivity index is 2.79. The molecule has 1 aromatic rings. The van der Waals surface area contributed by atoms with E-state index in [0.29, 0.717) is 5.25 Å². The molecule has 0 amide bonds. The molecule has 0 aliphatic carbocycles. The molecule has 1 atom stereocenters. The van der Waals surface area contributed by atoms with E-state index in [4.69, 9.17) is 10.5 Å². The zero-order valence-electron chi connectivity index (χ0n) is 10.4. The van der Waals surface area contributed by atoms with Crippen molar-refractivity contribution in [2.75, 3.05) is 12.9 Å². The third kappa shape index (κ3) is 3.15. The number of hydrogen-bond acceptors (Lipinski definition) is 4. The van der Waals surface area contributed by atoms with Gasteiger partial charge in [-0.05, 0) is 12.2 Å². The molecule has 1 unspecified atom stereocenters. The van der Waals surface area contributed by atoms with Crippen LogP contribution in [0.15, 0.2) is 6.20 Å². The van der Waals surface area contributed by atoms with Crippen LogP contribution in [-0.2, 0) is 6.54 Å². The van der Waals surface area contributed by atoms with E-state index in [0.717, 1.165) is 23.7 Å². The lowest BCUT2D eigenvalue weighted by molar-refractivity contribution is 0.403. The van der Waals surface area contributed by atoms with Crippen molar-refractivity contribution in [3.05, 3.63) is 11.9 Å². The minimum Gasteiger partial charge on any atom is -0.493 e. The van der Waals surface area contributed by atoms with Crippen LogP contribution in [0.5, 0.6) is 5.75 Å². The summed E-state index contributed by atoms with van der Waals surface area (Å²) in [6.07, 6.45) is 1.73. The van der Waals surface area contributed by atoms with Crippen LogP contribution in [0.25, 0.3) is 0 Å². The van der Waals surface area contributed by atoms with Gasteiger partial charge in [-0.1, -0.05) is 13.8 Å². The van der Waals surface area contributed by atoms with E-state index in [1.54, 1.807) is 13.3 Å². The van der Waals surface area contributed by atoms with Gasteiger partial charge in [0.2, 0.25) is 0 Å². The van der Waals surface area contributed by atoms with Crippen LogP contribution in [0.4, 0.5) is 0 Å². The standard InChI is InChI=1S/C11H21N3OS/c1-5-14-11(10(15-4)6-13-14)9(12)7-16-8(2)3/h6,8-9H,5,7,12H2,1-4H3. The van der Waals surface area contributed by atoms with E-state index >= 15 is 0 Å². The molecule has 0 saturated carbocycles. The van der Waals surface area contributed by atoms with E-state index in [1.165, 1.54) is 0 Å². The third-order valence-corrected chi connectivity index (χ3v) is 3.54. The van der Waals surface area contributed by atoms with Gasteiger partial charge in [-0.15, -0.1) is 0 Å². The summed E-state index contributed by atoms with van der Waals surface area (Å²) in [6, 6.07) is -0.0233. The molecule has 0 fully saturated rings. The average Bonchev–Trinajstić information content (AvgIpc) is 2.68. The molecule has 0 aromatic carbocycles. The van der Waals surface area contributed by atoms with Gasteiger partial charge in [0.05, 0.1) is 25.0 Å². The Hall–Kier alpha value is -0.680.